The second kappa shape index (κ2) is 7.68. The zero-order chi connectivity index (χ0) is 14.2. The van der Waals surface area contributed by atoms with Gasteiger partial charge in [0.15, 0.2) is 0 Å². The van der Waals surface area contributed by atoms with Crippen LogP contribution < -0.4 is 10.5 Å². The molecular weight excluding hydrogens is 250 g/mol. The molecule has 0 spiro atoms. The van der Waals surface area contributed by atoms with E-state index in [1.54, 1.807) is 0 Å². The molecule has 106 valence electrons. The number of ether oxygens (including phenoxy) is 2. The van der Waals surface area contributed by atoms with E-state index in [1.165, 1.54) is 0 Å². The molecule has 0 radical (unpaired) electrons. The molecule has 0 aliphatic heterocycles. The fourth-order valence-corrected chi connectivity index (χ4v) is 1.95. The lowest BCUT2D eigenvalue weighted by Gasteiger charge is -2.13. The van der Waals surface area contributed by atoms with Gasteiger partial charge in [0.05, 0.1) is 25.9 Å². The predicted molar refractivity (Wildman–Crippen MR) is 80.6 cm³/mol. The molecule has 0 aliphatic rings. The predicted octanol–water partition coefficient (Wildman–Crippen LogP) is 3.30. The Labute approximate surface area is 120 Å². The lowest BCUT2D eigenvalue weighted by atomic mass is 10.1. The molecule has 0 fully saturated rings. The second-order valence-electron chi connectivity index (χ2n) is 4.61. The van der Waals surface area contributed by atoms with Crippen LogP contribution in [0.3, 0.4) is 0 Å². The topological polar surface area (TPSA) is 44.5 Å². The first-order chi connectivity index (χ1) is 9.79. The van der Waals surface area contributed by atoms with Gasteiger partial charge in [-0.3, -0.25) is 0 Å². The molecule has 2 aromatic rings. The molecule has 0 bridgehead atoms. The Kier molecular flexibility index (Phi) is 5.59. The van der Waals surface area contributed by atoms with Crippen LogP contribution in [-0.2, 0) is 11.3 Å². The number of nitrogens with two attached hydrogens (primary N) is 1. The molecule has 0 aliphatic carbocycles. The molecule has 0 amide bonds. The largest absolute Gasteiger partial charge is 0.494 e. The van der Waals surface area contributed by atoms with Crippen LogP contribution in [0.25, 0.3) is 0 Å². The van der Waals surface area contributed by atoms with E-state index in [1.807, 2.05) is 61.5 Å². The van der Waals surface area contributed by atoms with E-state index in [4.69, 9.17) is 15.2 Å². The third-order valence-electron chi connectivity index (χ3n) is 3.03. The molecule has 0 saturated heterocycles. The first-order valence-corrected chi connectivity index (χ1v) is 6.89. The van der Waals surface area contributed by atoms with Crippen molar-refractivity contribution in [2.24, 2.45) is 5.73 Å². The average molecular weight is 271 g/mol. The summed E-state index contributed by atoms with van der Waals surface area (Å²) in [5.74, 6) is 0.869. The number of hydrogen-bond acceptors (Lipinski definition) is 3. The highest BCUT2D eigenvalue weighted by molar-refractivity contribution is 5.29. The van der Waals surface area contributed by atoms with Crippen LogP contribution in [0.5, 0.6) is 5.75 Å². The van der Waals surface area contributed by atoms with Crippen molar-refractivity contribution < 1.29 is 9.47 Å². The summed E-state index contributed by atoms with van der Waals surface area (Å²) in [6.07, 6.45) is 0. The number of rotatable bonds is 7. The van der Waals surface area contributed by atoms with Crippen LogP contribution in [0.1, 0.15) is 24.1 Å². The molecule has 3 heteroatoms. The summed E-state index contributed by atoms with van der Waals surface area (Å²) in [5, 5.41) is 0. The van der Waals surface area contributed by atoms with Crippen molar-refractivity contribution in [1.82, 2.24) is 0 Å². The lowest BCUT2D eigenvalue weighted by molar-refractivity contribution is 0.108. The zero-order valence-corrected chi connectivity index (χ0v) is 11.8. The minimum atomic E-state index is -0.116. The van der Waals surface area contributed by atoms with Gasteiger partial charge in [-0.15, -0.1) is 0 Å². The van der Waals surface area contributed by atoms with Gasteiger partial charge in [-0.2, -0.15) is 0 Å². The molecule has 20 heavy (non-hydrogen) atoms. The van der Waals surface area contributed by atoms with Gasteiger partial charge in [0.25, 0.3) is 0 Å². The number of hydrogen-bond donors (Lipinski definition) is 1. The molecule has 0 aromatic heterocycles. The molecule has 0 heterocycles. The van der Waals surface area contributed by atoms with E-state index < -0.39 is 0 Å². The highest BCUT2D eigenvalue weighted by atomic mass is 16.5. The van der Waals surface area contributed by atoms with Gasteiger partial charge < -0.3 is 15.2 Å². The Morgan fingerprint density at radius 1 is 1.00 bits per heavy atom. The maximum Gasteiger partial charge on any atom is 0.119 e. The fourth-order valence-electron chi connectivity index (χ4n) is 1.95. The summed E-state index contributed by atoms with van der Waals surface area (Å²) in [5.41, 5.74) is 8.33. The summed E-state index contributed by atoms with van der Waals surface area (Å²) in [7, 11) is 0. The maximum atomic E-state index is 6.12. The van der Waals surface area contributed by atoms with E-state index >= 15 is 0 Å². The highest BCUT2D eigenvalue weighted by Gasteiger charge is 2.06. The zero-order valence-electron chi connectivity index (χ0n) is 11.8. The molecule has 2 rings (SSSR count). The third kappa shape index (κ3) is 4.37. The highest BCUT2D eigenvalue weighted by Crippen LogP contribution is 2.17. The summed E-state index contributed by atoms with van der Waals surface area (Å²) in [6, 6.07) is 17.8. The van der Waals surface area contributed by atoms with Crippen molar-refractivity contribution in [3.8, 4) is 5.75 Å². The van der Waals surface area contributed by atoms with Gasteiger partial charge in [0, 0.05) is 0 Å². The van der Waals surface area contributed by atoms with Crippen LogP contribution in [0.4, 0.5) is 0 Å². The van der Waals surface area contributed by atoms with Crippen molar-refractivity contribution in [3.63, 3.8) is 0 Å². The minimum absolute atomic E-state index is 0.116. The maximum absolute atomic E-state index is 6.12. The van der Waals surface area contributed by atoms with E-state index in [0.29, 0.717) is 19.8 Å². The summed E-state index contributed by atoms with van der Waals surface area (Å²) in [6.45, 7) is 3.73. The van der Waals surface area contributed by atoms with Gasteiger partial charge >= 0.3 is 0 Å². The molecule has 2 aromatic carbocycles. The van der Waals surface area contributed by atoms with E-state index in [-0.39, 0.29) is 6.04 Å². The van der Waals surface area contributed by atoms with Gasteiger partial charge in [0.2, 0.25) is 0 Å². The van der Waals surface area contributed by atoms with Crippen LogP contribution in [0, 0.1) is 0 Å². The number of benzene rings is 2. The van der Waals surface area contributed by atoms with Crippen LogP contribution in [0.15, 0.2) is 54.6 Å². The Hall–Kier alpha value is -1.84. The van der Waals surface area contributed by atoms with E-state index in [0.717, 1.165) is 16.9 Å². The quantitative estimate of drug-likeness (QED) is 0.840. The molecule has 1 atom stereocenters. The second-order valence-corrected chi connectivity index (χ2v) is 4.61. The van der Waals surface area contributed by atoms with Crippen LogP contribution in [0.2, 0.25) is 0 Å². The van der Waals surface area contributed by atoms with Crippen molar-refractivity contribution in [2.75, 3.05) is 13.2 Å². The Morgan fingerprint density at radius 3 is 2.35 bits per heavy atom. The normalized spacial score (nSPS) is 12.1. The van der Waals surface area contributed by atoms with Gasteiger partial charge in [-0.25, -0.2) is 0 Å². The minimum Gasteiger partial charge on any atom is -0.494 e. The van der Waals surface area contributed by atoms with Crippen LogP contribution in [-0.4, -0.2) is 13.2 Å². The molecule has 1 unspecified atom stereocenters. The fraction of sp³-hybridized carbons (Fsp3) is 0.294. The summed E-state index contributed by atoms with van der Waals surface area (Å²) < 4.78 is 11.1. The average Bonchev–Trinajstić information content (AvgIpc) is 2.49. The Morgan fingerprint density at radius 2 is 1.70 bits per heavy atom. The van der Waals surface area contributed by atoms with E-state index in [9.17, 15) is 0 Å². The molecule has 0 saturated carbocycles. The lowest BCUT2D eigenvalue weighted by Crippen LogP contribution is -2.17. The molecule has 3 nitrogen and oxygen atoms in total. The third-order valence-corrected chi connectivity index (χ3v) is 3.03. The van der Waals surface area contributed by atoms with Crippen molar-refractivity contribution in [3.05, 3.63) is 65.7 Å². The van der Waals surface area contributed by atoms with Gasteiger partial charge in [0.1, 0.15) is 5.75 Å². The van der Waals surface area contributed by atoms with Crippen molar-refractivity contribution in [2.45, 2.75) is 19.6 Å². The van der Waals surface area contributed by atoms with Gasteiger partial charge in [-0.05, 0) is 30.2 Å². The van der Waals surface area contributed by atoms with Gasteiger partial charge in [-0.1, -0.05) is 42.5 Å². The smallest absolute Gasteiger partial charge is 0.119 e. The Balaban J connectivity index is 1.80. The Bertz CT molecular complexity index is 496. The van der Waals surface area contributed by atoms with Crippen LogP contribution >= 0.6 is 0 Å². The monoisotopic (exact) mass is 271 g/mol. The first-order valence-electron chi connectivity index (χ1n) is 6.89. The molecule has 2 N–H and O–H groups in total. The summed E-state index contributed by atoms with van der Waals surface area (Å²) >= 11 is 0. The first kappa shape index (κ1) is 14.6. The summed E-state index contributed by atoms with van der Waals surface area (Å²) in [4.78, 5) is 0. The standard InChI is InChI=1S/C17H21NO2/c1-2-20-16-10-8-15(9-11-16)17(18)13-19-12-14-6-4-3-5-7-14/h3-11,17H,2,12-13,18H2,1H3. The van der Waals surface area contributed by atoms with Crippen molar-refractivity contribution >= 4 is 0 Å². The SMILES string of the molecule is CCOc1ccc(C(N)COCc2ccccc2)cc1. The molecular formula is C17H21NO2. The van der Waals surface area contributed by atoms with E-state index in [2.05, 4.69) is 0 Å². The van der Waals surface area contributed by atoms with Crippen molar-refractivity contribution in [1.29, 1.82) is 0 Å².